The van der Waals surface area contributed by atoms with E-state index in [4.69, 9.17) is 0 Å². The first kappa shape index (κ1) is 10.7. The molecule has 0 aliphatic rings. The highest BCUT2D eigenvalue weighted by molar-refractivity contribution is 7.09. The molecule has 0 aliphatic carbocycles. The van der Waals surface area contributed by atoms with Crippen molar-refractivity contribution in [1.29, 1.82) is 0 Å². The minimum Gasteiger partial charge on any atom is -0.343 e. The Morgan fingerprint density at radius 3 is 3.12 bits per heavy atom. The maximum absolute atomic E-state index is 11.6. The second-order valence-corrected chi connectivity index (χ2v) is 4.05. The molecule has 0 fully saturated rings. The minimum atomic E-state index is -0.286. The number of hydrogen-bond acceptors (Lipinski definition) is 5. The van der Waals surface area contributed by atoms with Crippen molar-refractivity contribution in [2.45, 2.75) is 19.9 Å². The Kier molecular flexibility index (Phi) is 3.25. The van der Waals surface area contributed by atoms with Crippen molar-refractivity contribution >= 4 is 17.2 Å². The number of aromatic nitrogens is 4. The smallest absolute Gasteiger partial charge is 0.291 e. The molecule has 0 saturated carbocycles. The highest BCUT2D eigenvalue weighted by Gasteiger charge is 2.11. The molecule has 0 aliphatic heterocycles. The highest BCUT2D eigenvalue weighted by Crippen LogP contribution is 2.03. The van der Waals surface area contributed by atoms with Gasteiger partial charge in [0.25, 0.3) is 5.91 Å². The Labute approximate surface area is 96.1 Å². The van der Waals surface area contributed by atoms with E-state index in [1.54, 1.807) is 6.20 Å². The maximum atomic E-state index is 11.6. The number of carbonyl (C=O) groups excluding carboxylic acids is 1. The van der Waals surface area contributed by atoms with Gasteiger partial charge in [0, 0.05) is 18.0 Å². The van der Waals surface area contributed by atoms with Gasteiger partial charge in [0.2, 0.25) is 5.82 Å². The lowest BCUT2D eigenvalue weighted by molar-refractivity contribution is 0.0941. The molecule has 0 unspecified atom stereocenters. The van der Waals surface area contributed by atoms with Gasteiger partial charge < -0.3 is 5.32 Å². The van der Waals surface area contributed by atoms with Crippen LogP contribution in [-0.2, 0) is 13.0 Å². The lowest BCUT2D eigenvalue weighted by Gasteiger charge is -1.97. The molecule has 16 heavy (non-hydrogen) atoms. The molecule has 0 radical (unpaired) electrons. The van der Waals surface area contributed by atoms with Crippen molar-refractivity contribution in [2.75, 3.05) is 0 Å². The molecule has 1 amide bonds. The summed E-state index contributed by atoms with van der Waals surface area (Å²) in [4.78, 5) is 19.7. The monoisotopic (exact) mass is 237 g/mol. The second-order valence-electron chi connectivity index (χ2n) is 3.07. The SMILES string of the molecule is CCc1nc(C(=O)NCc2nccs2)n[nH]1. The molecule has 0 spiro atoms. The Hall–Kier alpha value is -1.76. The van der Waals surface area contributed by atoms with Crippen molar-refractivity contribution < 1.29 is 4.79 Å². The molecule has 2 heterocycles. The molecule has 6 nitrogen and oxygen atoms in total. The van der Waals surface area contributed by atoms with Crippen LogP contribution >= 0.6 is 11.3 Å². The molecule has 0 saturated heterocycles. The molecule has 7 heteroatoms. The third kappa shape index (κ3) is 2.43. The van der Waals surface area contributed by atoms with Crippen LogP contribution in [0.25, 0.3) is 0 Å². The van der Waals surface area contributed by atoms with Crippen LogP contribution in [0.15, 0.2) is 11.6 Å². The third-order valence-corrected chi connectivity index (χ3v) is 2.73. The van der Waals surface area contributed by atoms with Gasteiger partial charge in [-0.05, 0) is 0 Å². The summed E-state index contributed by atoms with van der Waals surface area (Å²) in [5.74, 6) is 0.596. The van der Waals surface area contributed by atoms with E-state index < -0.39 is 0 Å². The number of hydrogen-bond donors (Lipinski definition) is 2. The number of nitrogens with zero attached hydrogens (tertiary/aromatic N) is 3. The first-order chi connectivity index (χ1) is 7.79. The van der Waals surface area contributed by atoms with Gasteiger partial charge >= 0.3 is 0 Å². The zero-order valence-corrected chi connectivity index (χ0v) is 9.54. The summed E-state index contributed by atoms with van der Waals surface area (Å²) in [6, 6.07) is 0. The average molecular weight is 237 g/mol. The van der Waals surface area contributed by atoms with Crippen LogP contribution < -0.4 is 5.32 Å². The molecule has 2 aromatic heterocycles. The van der Waals surface area contributed by atoms with Crippen molar-refractivity contribution in [2.24, 2.45) is 0 Å². The van der Waals surface area contributed by atoms with E-state index in [-0.39, 0.29) is 11.7 Å². The molecule has 2 aromatic rings. The summed E-state index contributed by atoms with van der Waals surface area (Å²) < 4.78 is 0. The van der Waals surface area contributed by atoms with Crippen LogP contribution in [0.3, 0.4) is 0 Å². The fraction of sp³-hybridized carbons (Fsp3) is 0.333. The normalized spacial score (nSPS) is 10.3. The van der Waals surface area contributed by atoms with Gasteiger partial charge in [-0.1, -0.05) is 6.92 Å². The lowest BCUT2D eigenvalue weighted by atomic mass is 10.4. The first-order valence-electron chi connectivity index (χ1n) is 4.87. The van der Waals surface area contributed by atoms with Crippen LogP contribution in [0.4, 0.5) is 0 Å². The molecule has 84 valence electrons. The van der Waals surface area contributed by atoms with Gasteiger partial charge in [0.15, 0.2) is 0 Å². The molecule has 0 aromatic carbocycles. The standard InChI is InChI=1S/C9H11N5OS/c1-2-6-12-8(14-13-6)9(15)11-5-7-10-3-4-16-7/h3-4H,2,5H2,1H3,(H,11,15)(H,12,13,14). The number of carbonyl (C=O) groups is 1. The predicted octanol–water partition coefficient (Wildman–Crippen LogP) is 0.754. The lowest BCUT2D eigenvalue weighted by Crippen LogP contribution is -2.23. The third-order valence-electron chi connectivity index (χ3n) is 1.95. The number of H-pyrrole nitrogens is 1. The predicted molar refractivity (Wildman–Crippen MR) is 59.0 cm³/mol. The number of aryl methyl sites for hydroxylation is 1. The van der Waals surface area contributed by atoms with Crippen molar-refractivity contribution in [1.82, 2.24) is 25.5 Å². The zero-order valence-electron chi connectivity index (χ0n) is 8.73. The van der Waals surface area contributed by atoms with Crippen molar-refractivity contribution in [3.8, 4) is 0 Å². The Balaban J connectivity index is 1.93. The van der Waals surface area contributed by atoms with Gasteiger partial charge in [0.1, 0.15) is 10.8 Å². The second kappa shape index (κ2) is 4.84. The van der Waals surface area contributed by atoms with Crippen molar-refractivity contribution in [3.05, 3.63) is 28.2 Å². The van der Waals surface area contributed by atoms with Crippen LogP contribution in [0, 0.1) is 0 Å². The van der Waals surface area contributed by atoms with Crippen molar-refractivity contribution in [3.63, 3.8) is 0 Å². The van der Waals surface area contributed by atoms with Crippen LogP contribution in [-0.4, -0.2) is 26.1 Å². The van der Waals surface area contributed by atoms with E-state index in [0.717, 1.165) is 11.4 Å². The number of thiazole rings is 1. The zero-order chi connectivity index (χ0) is 11.4. The summed E-state index contributed by atoms with van der Waals surface area (Å²) in [5, 5.41) is 11.9. The summed E-state index contributed by atoms with van der Waals surface area (Å²) >= 11 is 1.50. The largest absolute Gasteiger partial charge is 0.343 e. The Morgan fingerprint density at radius 2 is 2.50 bits per heavy atom. The fourth-order valence-electron chi connectivity index (χ4n) is 1.13. The van der Waals surface area contributed by atoms with Gasteiger partial charge in [-0.3, -0.25) is 9.89 Å². The van der Waals surface area contributed by atoms with Crippen LogP contribution in [0.1, 0.15) is 28.4 Å². The van der Waals surface area contributed by atoms with Gasteiger partial charge in [0.05, 0.1) is 6.54 Å². The first-order valence-corrected chi connectivity index (χ1v) is 5.75. The highest BCUT2D eigenvalue weighted by atomic mass is 32.1. The molecular formula is C9H11N5OS. The Bertz CT molecular complexity index is 464. The van der Waals surface area contributed by atoms with E-state index in [2.05, 4.69) is 25.5 Å². The van der Waals surface area contributed by atoms with E-state index in [0.29, 0.717) is 12.4 Å². The van der Waals surface area contributed by atoms with E-state index in [1.807, 2.05) is 12.3 Å². The summed E-state index contributed by atoms with van der Waals surface area (Å²) in [7, 11) is 0. The van der Waals surface area contributed by atoms with E-state index >= 15 is 0 Å². The van der Waals surface area contributed by atoms with E-state index in [9.17, 15) is 4.79 Å². The number of amides is 1. The van der Waals surface area contributed by atoms with Crippen LogP contribution in [0.5, 0.6) is 0 Å². The summed E-state index contributed by atoms with van der Waals surface area (Å²) in [5.41, 5.74) is 0. The molecule has 0 atom stereocenters. The molecule has 0 bridgehead atoms. The van der Waals surface area contributed by atoms with E-state index in [1.165, 1.54) is 11.3 Å². The quantitative estimate of drug-likeness (QED) is 0.822. The summed E-state index contributed by atoms with van der Waals surface area (Å²) in [6.45, 7) is 2.35. The summed E-state index contributed by atoms with van der Waals surface area (Å²) in [6.07, 6.45) is 2.43. The molecular weight excluding hydrogens is 226 g/mol. The number of aromatic amines is 1. The minimum absolute atomic E-state index is 0.174. The topological polar surface area (TPSA) is 83.6 Å². The maximum Gasteiger partial charge on any atom is 0.291 e. The Morgan fingerprint density at radius 1 is 1.62 bits per heavy atom. The average Bonchev–Trinajstić information content (AvgIpc) is 2.96. The number of rotatable bonds is 4. The fourth-order valence-corrected chi connectivity index (χ4v) is 1.69. The molecule has 2 rings (SSSR count). The van der Waals surface area contributed by atoms with Gasteiger partial charge in [-0.25, -0.2) is 9.97 Å². The van der Waals surface area contributed by atoms with Crippen LogP contribution in [0.2, 0.25) is 0 Å². The number of nitrogens with one attached hydrogen (secondary N) is 2. The van der Waals surface area contributed by atoms with Gasteiger partial charge in [-0.2, -0.15) is 0 Å². The molecule has 2 N–H and O–H groups in total. The van der Waals surface area contributed by atoms with Gasteiger partial charge in [-0.15, -0.1) is 16.4 Å².